The van der Waals surface area contributed by atoms with Crippen molar-refractivity contribution in [3.63, 3.8) is 0 Å². The summed E-state index contributed by atoms with van der Waals surface area (Å²) in [7, 11) is 1.34. The van der Waals surface area contributed by atoms with Crippen molar-refractivity contribution in [2.24, 2.45) is 0 Å². The van der Waals surface area contributed by atoms with Crippen LogP contribution in [-0.4, -0.2) is 32.2 Å². The van der Waals surface area contributed by atoms with Gasteiger partial charge in [-0.3, -0.25) is 4.79 Å². The number of carbonyl (C=O) groups is 2. The van der Waals surface area contributed by atoms with E-state index in [9.17, 15) is 14.9 Å². The fourth-order valence-corrected chi connectivity index (χ4v) is 3.32. The van der Waals surface area contributed by atoms with Gasteiger partial charge in [0.1, 0.15) is 37.2 Å². The third-order valence-corrected chi connectivity index (χ3v) is 5.14. The highest BCUT2D eigenvalue weighted by Crippen LogP contribution is 2.32. The number of amides is 1. The van der Waals surface area contributed by atoms with E-state index in [2.05, 4.69) is 10.1 Å². The normalized spacial score (nSPS) is 12.3. The zero-order chi connectivity index (χ0) is 24.6. The SMILES string of the molecule is COC(=O)c1ccc(COc2ccc(/C=C(\C#N)C(=O)Nc3ccc4c(c3)OCCO4)cc2)cc1. The molecule has 0 aliphatic carbocycles. The molecule has 0 unspecified atom stereocenters. The van der Waals surface area contributed by atoms with E-state index in [-0.39, 0.29) is 5.57 Å². The molecule has 0 aromatic heterocycles. The first-order valence-electron chi connectivity index (χ1n) is 10.8. The zero-order valence-corrected chi connectivity index (χ0v) is 18.9. The molecule has 35 heavy (non-hydrogen) atoms. The minimum absolute atomic E-state index is 0.0424. The summed E-state index contributed by atoms with van der Waals surface area (Å²) in [5, 5.41) is 12.2. The highest BCUT2D eigenvalue weighted by Gasteiger charge is 2.15. The van der Waals surface area contributed by atoms with Crippen LogP contribution in [0.15, 0.2) is 72.3 Å². The minimum Gasteiger partial charge on any atom is -0.489 e. The van der Waals surface area contributed by atoms with Crippen LogP contribution in [-0.2, 0) is 16.1 Å². The van der Waals surface area contributed by atoms with Gasteiger partial charge < -0.3 is 24.3 Å². The van der Waals surface area contributed by atoms with Crippen LogP contribution in [0, 0.1) is 11.3 Å². The lowest BCUT2D eigenvalue weighted by atomic mass is 10.1. The summed E-state index contributed by atoms with van der Waals surface area (Å²) in [4.78, 5) is 24.1. The summed E-state index contributed by atoms with van der Waals surface area (Å²) in [5.74, 6) is 0.869. The predicted molar refractivity (Wildman–Crippen MR) is 128 cm³/mol. The Balaban J connectivity index is 1.36. The smallest absolute Gasteiger partial charge is 0.337 e. The van der Waals surface area contributed by atoms with Crippen molar-refractivity contribution >= 4 is 23.6 Å². The van der Waals surface area contributed by atoms with E-state index >= 15 is 0 Å². The Labute approximate surface area is 202 Å². The van der Waals surface area contributed by atoms with Gasteiger partial charge in [-0.1, -0.05) is 24.3 Å². The number of nitriles is 1. The van der Waals surface area contributed by atoms with Gasteiger partial charge in [-0.15, -0.1) is 0 Å². The van der Waals surface area contributed by atoms with Crippen molar-refractivity contribution in [2.45, 2.75) is 6.61 Å². The van der Waals surface area contributed by atoms with Crippen LogP contribution in [0.1, 0.15) is 21.5 Å². The number of rotatable bonds is 7. The molecule has 0 saturated heterocycles. The van der Waals surface area contributed by atoms with E-state index in [0.29, 0.717) is 53.9 Å². The van der Waals surface area contributed by atoms with Crippen molar-refractivity contribution in [1.29, 1.82) is 5.26 Å². The molecule has 8 nitrogen and oxygen atoms in total. The van der Waals surface area contributed by atoms with Crippen molar-refractivity contribution < 1.29 is 28.5 Å². The Bertz CT molecular complexity index is 1290. The van der Waals surface area contributed by atoms with Crippen molar-refractivity contribution in [1.82, 2.24) is 0 Å². The third kappa shape index (κ3) is 5.97. The summed E-state index contributed by atoms with van der Waals surface area (Å²) in [5.41, 5.74) is 2.50. The highest BCUT2D eigenvalue weighted by atomic mass is 16.6. The fourth-order valence-electron chi connectivity index (χ4n) is 3.32. The number of carbonyl (C=O) groups excluding carboxylic acids is 2. The van der Waals surface area contributed by atoms with E-state index in [1.54, 1.807) is 66.7 Å². The lowest BCUT2D eigenvalue weighted by Gasteiger charge is -2.18. The van der Waals surface area contributed by atoms with E-state index in [0.717, 1.165) is 5.56 Å². The topological polar surface area (TPSA) is 107 Å². The summed E-state index contributed by atoms with van der Waals surface area (Å²) in [6.45, 7) is 1.24. The molecule has 0 bridgehead atoms. The van der Waals surface area contributed by atoms with Gasteiger partial charge in [0, 0.05) is 11.8 Å². The number of nitrogens with one attached hydrogen (secondary N) is 1. The Morgan fingerprint density at radius 1 is 1.00 bits per heavy atom. The monoisotopic (exact) mass is 470 g/mol. The van der Waals surface area contributed by atoms with Gasteiger partial charge in [0.15, 0.2) is 11.5 Å². The maximum absolute atomic E-state index is 12.6. The first kappa shape index (κ1) is 23.4. The molecule has 3 aromatic rings. The molecule has 1 aliphatic heterocycles. The van der Waals surface area contributed by atoms with Crippen molar-refractivity contribution in [2.75, 3.05) is 25.6 Å². The summed E-state index contributed by atoms with van der Waals surface area (Å²) in [6, 6.07) is 21.0. The van der Waals surface area contributed by atoms with E-state index in [4.69, 9.17) is 14.2 Å². The first-order valence-corrected chi connectivity index (χ1v) is 10.8. The quantitative estimate of drug-likeness (QED) is 0.310. The number of fused-ring (bicyclic) bond motifs is 1. The van der Waals surface area contributed by atoms with E-state index in [1.807, 2.05) is 6.07 Å². The molecule has 0 radical (unpaired) electrons. The number of ether oxygens (including phenoxy) is 4. The average Bonchev–Trinajstić information content (AvgIpc) is 2.91. The lowest BCUT2D eigenvalue weighted by molar-refractivity contribution is -0.112. The number of anilines is 1. The van der Waals surface area contributed by atoms with Crippen LogP contribution >= 0.6 is 0 Å². The second-order valence-corrected chi connectivity index (χ2v) is 7.53. The highest BCUT2D eigenvalue weighted by molar-refractivity contribution is 6.09. The Morgan fingerprint density at radius 3 is 2.40 bits per heavy atom. The molecule has 0 saturated carbocycles. The number of nitrogens with zero attached hydrogens (tertiary/aromatic N) is 1. The summed E-state index contributed by atoms with van der Waals surface area (Å²) >= 11 is 0. The van der Waals surface area contributed by atoms with Crippen LogP contribution in [0.5, 0.6) is 17.2 Å². The standard InChI is InChI=1S/C27H22N2O6/c1-32-27(31)20-6-2-19(3-7-20)17-35-23-9-4-18(5-10-23)14-21(16-28)26(30)29-22-8-11-24-25(15-22)34-13-12-33-24/h2-11,14-15H,12-13,17H2,1H3,(H,29,30)/b21-14+. The largest absolute Gasteiger partial charge is 0.489 e. The molecule has 3 aromatic carbocycles. The van der Waals surface area contributed by atoms with Gasteiger partial charge in [-0.25, -0.2) is 4.79 Å². The fraction of sp³-hybridized carbons (Fsp3) is 0.148. The second kappa shape index (κ2) is 10.9. The molecule has 0 spiro atoms. The Morgan fingerprint density at radius 2 is 1.71 bits per heavy atom. The first-order chi connectivity index (χ1) is 17.1. The molecule has 1 heterocycles. The molecule has 8 heteroatoms. The average molecular weight is 470 g/mol. The molecule has 0 fully saturated rings. The van der Waals surface area contributed by atoms with Crippen molar-refractivity contribution in [3.05, 3.63) is 89.0 Å². The number of methoxy groups -OCH3 is 1. The molecule has 1 N–H and O–H groups in total. The molecule has 0 atom stereocenters. The molecule has 1 aliphatic rings. The number of hydrogen-bond acceptors (Lipinski definition) is 7. The van der Waals surface area contributed by atoms with Crippen molar-refractivity contribution in [3.8, 4) is 23.3 Å². The third-order valence-electron chi connectivity index (χ3n) is 5.14. The second-order valence-electron chi connectivity index (χ2n) is 7.53. The van der Waals surface area contributed by atoms with Gasteiger partial charge in [0.25, 0.3) is 5.91 Å². The summed E-state index contributed by atoms with van der Waals surface area (Å²) < 4.78 is 21.5. The van der Waals surface area contributed by atoms with E-state index in [1.165, 1.54) is 13.2 Å². The van der Waals surface area contributed by atoms with Gasteiger partial charge in [-0.05, 0) is 53.6 Å². The maximum atomic E-state index is 12.6. The number of hydrogen-bond donors (Lipinski definition) is 1. The number of benzene rings is 3. The number of esters is 1. The molecular formula is C27H22N2O6. The van der Waals surface area contributed by atoms with Crippen LogP contribution in [0.25, 0.3) is 6.08 Å². The maximum Gasteiger partial charge on any atom is 0.337 e. The van der Waals surface area contributed by atoms with E-state index < -0.39 is 11.9 Å². The Kier molecular flexibility index (Phi) is 7.28. The molecular weight excluding hydrogens is 448 g/mol. The van der Waals surface area contributed by atoms with Gasteiger partial charge in [-0.2, -0.15) is 5.26 Å². The minimum atomic E-state index is -0.528. The Hall–Kier alpha value is -4.77. The van der Waals surface area contributed by atoms with Crippen LogP contribution < -0.4 is 19.5 Å². The van der Waals surface area contributed by atoms with Gasteiger partial charge >= 0.3 is 5.97 Å². The van der Waals surface area contributed by atoms with Crippen LogP contribution in [0.3, 0.4) is 0 Å². The molecule has 1 amide bonds. The van der Waals surface area contributed by atoms with Crippen LogP contribution in [0.4, 0.5) is 5.69 Å². The zero-order valence-electron chi connectivity index (χ0n) is 18.9. The van der Waals surface area contributed by atoms with Crippen LogP contribution in [0.2, 0.25) is 0 Å². The predicted octanol–water partition coefficient (Wildman–Crippen LogP) is 4.37. The van der Waals surface area contributed by atoms with Gasteiger partial charge in [0.05, 0.1) is 12.7 Å². The van der Waals surface area contributed by atoms with Gasteiger partial charge in [0.2, 0.25) is 0 Å². The molecule has 176 valence electrons. The molecule has 4 rings (SSSR count). The summed E-state index contributed by atoms with van der Waals surface area (Å²) in [6.07, 6.45) is 1.50. The lowest BCUT2D eigenvalue weighted by Crippen LogP contribution is -2.17.